The Labute approximate surface area is 137 Å². The van der Waals surface area contributed by atoms with Crippen LogP contribution >= 0.6 is 0 Å². The molecule has 3 rings (SSSR count). The third kappa shape index (κ3) is 3.25. The number of carbonyl (C=O) groups excluding carboxylic acids is 1. The molecule has 1 aromatic heterocycles. The van der Waals surface area contributed by atoms with Crippen LogP contribution in [-0.4, -0.2) is 44.2 Å². The Kier molecular flexibility index (Phi) is 4.27. The van der Waals surface area contributed by atoms with E-state index in [1.54, 1.807) is 6.07 Å². The molecule has 128 valence electrons. The Bertz CT molecular complexity index is 878. The summed E-state index contributed by atoms with van der Waals surface area (Å²) in [5.74, 6) is -1.16. The van der Waals surface area contributed by atoms with E-state index >= 15 is 0 Å². The highest BCUT2D eigenvalue weighted by Crippen LogP contribution is 2.31. The summed E-state index contributed by atoms with van der Waals surface area (Å²) in [6.45, 7) is 0. The van der Waals surface area contributed by atoms with Gasteiger partial charge in [-0.2, -0.15) is 0 Å². The van der Waals surface area contributed by atoms with Crippen molar-refractivity contribution in [2.45, 2.75) is 12.5 Å². The highest BCUT2D eigenvalue weighted by Gasteiger charge is 2.32. The first kappa shape index (κ1) is 16.4. The molecule has 1 fully saturated rings. The van der Waals surface area contributed by atoms with Crippen molar-refractivity contribution in [3.8, 4) is 11.3 Å². The van der Waals surface area contributed by atoms with Crippen LogP contribution in [0.1, 0.15) is 16.8 Å². The van der Waals surface area contributed by atoms with Crippen LogP contribution in [0.3, 0.4) is 0 Å². The summed E-state index contributed by atoms with van der Waals surface area (Å²) >= 11 is 0. The predicted molar refractivity (Wildman–Crippen MR) is 83.9 cm³/mol. The van der Waals surface area contributed by atoms with E-state index in [-0.39, 0.29) is 34.7 Å². The van der Waals surface area contributed by atoms with Crippen LogP contribution in [-0.2, 0) is 14.6 Å². The summed E-state index contributed by atoms with van der Waals surface area (Å²) in [7, 11) is -1.89. The van der Waals surface area contributed by atoms with Gasteiger partial charge in [-0.1, -0.05) is 17.3 Å². The molecular formula is C15H15FN2O5S. The maximum Gasteiger partial charge on any atom is 0.345 e. The number of ether oxygens (including phenoxy) is 1. The number of nitrogens with zero attached hydrogens (tertiary/aromatic N) is 1. The number of sulfone groups is 1. The molecule has 9 heteroatoms. The maximum atomic E-state index is 13.4. The van der Waals surface area contributed by atoms with Crippen LogP contribution in [0.15, 0.2) is 28.8 Å². The van der Waals surface area contributed by atoms with Crippen molar-refractivity contribution >= 4 is 21.7 Å². The number of hydrogen-bond donors (Lipinski definition) is 1. The van der Waals surface area contributed by atoms with Crippen molar-refractivity contribution in [2.75, 3.05) is 23.9 Å². The van der Waals surface area contributed by atoms with Crippen molar-refractivity contribution in [3.63, 3.8) is 0 Å². The summed E-state index contributed by atoms with van der Waals surface area (Å²) < 4.78 is 46.4. The molecule has 1 aliphatic heterocycles. The van der Waals surface area contributed by atoms with E-state index in [1.807, 2.05) is 0 Å². The van der Waals surface area contributed by atoms with Gasteiger partial charge in [0.25, 0.3) is 0 Å². The quantitative estimate of drug-likeness (QED) is 0.837. The number of aromatic nitrogens is 1. The Balaban J connectivity index is 1.97. The Morgan fingerprint density at radius 2 is 2.25 bits per heavy atom. The molecule has 0 spiro atoms. The normalized spacial score (nSPS) is 19.2. The molecule has 1 N–H and O–H groups in total. The van der Waals surface area contributed by atoms with Gasteiger partial charge in [-0.3, -0.25) is 0 Å². The predicted octanol–water partition coefficient (Wildman–Crippen LogP) is 1.87. The molecule has 0 radical (unpaired) electrons. The van der Waals surface area contributed by atoms with Gasteiger partial charge in [-0.15, -0.1) is 0 Å². The van der Waals surface area contributed by atoms with Crippen LogP contribution in [0.25, 0.3) is 11.3 Å². The lowest BCUT2D eigenvalue weighted by molar-refractivity contribution is 0.0602. The summed E-state index contributed by atoms with van der Waals surface area (Å²) in [6, 6.07) is 5.17. The second-order valence-electron chi connectivity index (χ2n) is 5.48. The van der Waals surface area contributed by atoms with Gasteiger partial charge in [-0.25, -0.2) is 17.6 Å². The smallest absolute Gasteiger partial charge is 0.345 e. The van der Waals surface area contributed by atoms with Crippen LogP contribution in [0.4, 0.5) is 10.3 Å². The Morgan fingerprint density at radius 3 is 2.88 bits per heavy atom. The van der Waals surface area contributed by atoms with E-state index in [4.69, 9.17) is 9.26 Å². The van der Waals surface area contributed by atoms with Gasteiger partial charge in [0, 0.05) is 11.6 Å². The summed E-state index contributed by atoms with van der Waals surface area (Å²) in [4.78, 5) is 12.1. The van der Waals surface area contributed by atoms with E-state index in [2.05, 4.69) is 10.5 Å². The number of nitrogens with one attached hydrogen (secondary N) is 1. The number of methoxy groups -OCH3 is 1. The van der Waals surface area contributed by atoms with Gasteiger partial charge in [0.1, 0.15) is 11.5 Å². The molecule has 0 unspecified atom stereocenters. The molecular weight excluding hydrogens is 339 g/mol. The first-order chi connectivity index (χ1) is 11.4. The summed E-state index contributed by atoms with van der Waals surface area (Å²) in [5.41, 5.74) is 0.489. The van der Waals surface area contributed by atoms with Crippen molar-refractivity contribution in [2.24, 2.45) is 0 Å². The fraction of sp³-hybridized carbons (Fsp3) is 0.333. The number of benzene rings is 1. The average Bonchev–Trinajstić information content (AvgIpc) is 3.10. The van der Waals surface area contributed by atoms with E-state index in [0.717, 1.165) is 0 Å². The van der Waals surface area contributed by atoms with Crippen molar-refractivity contribution < 1.29 is 26.9 Å². The van der Waals surface area contributed by atoms with Gasteiger partial charge >= 0.3 is 5.97 Å². The van der Waals surface area contributed by atoms with Crippen LogP contribution in [0.5, 0.6) is 0 Å². The van der Waals surface area contributed by atoms with Gasteiger partial charge in [0.2, 0.25) is 5.88 Å². The number of esters is 1. The second kappa shape index (κ2) is 6.23. The molecule has 1 aliphatic rings. The lowest BCUT2D eigenvalue weighted by Gasteiger charge is -2.10. The lowest BCUT2D eigenvalue weighted by Crippen LogP contribution is -2.21. The monoisotopic (exact) mass is 354 g/mol. The number of halogens is 1. The summed E-state index contributed by atoms with van der Waals surface area (Å²) in [6.07, 6.45) is 0.402. The second-order valence-corrected chi connectivity index (χ2v) is 7.71. The molecule has 0 amide bonds. The van der Waals surface area contributed by atoms with E-state index in [0.29, 0.717) is 12.0 Å². The summed E-state index contributed by atoms with van der Waals surface area (Å²) in [5, 5.41) is 6.70. The molecule has 0 aliphatic carbocycles. The maximum absolute atomic E-state index is 13.4. The van der Waals surface area contributed by atoms with Gasteiger partial charge in [0.05, 0.1) is 18.6 Å². The molecule has 1 atom stereocenters. The fourth-order valence-electron chi connectivity index (χ4n) is 2.61. The Morgan fingerprint density at radius 1 is 1.46 bits per heavy atom. The molecule has 24 heavy (non-hydrogen) atoms. The zero-order valence-electron chi connectivity index (χ0n) is 12.8. The van der Waals surface area contributed by atoms with E-state index in [9.17, 15) is 17.6 Å². The van der Waals surface area contributed by atoms with Crippen molar-refractivity contribution in [1.82, 2.24) is 5.16 Å². The van der Waals surface area contributed by atoms with Crippen molar-refractivity contribution in [1.29, 1.82) is 0 Å². The molecule has 0 saturated carbocycles. The van der Waals surface area contributed by atoms with Crippen LogP contribution in [0, 0.1) is 5.82 Å². The first-order valence-electron chi connectivity index (χ1n) is 7.20. The topological polar surface area (TPSA) is 98.5 Å². The molecule has 0 bridgehead atoms. The molecule has 2 heterocycles. The average molecular weight is 354 g/mol. The largest absolute Gasteiger partial charge is 0.465 e. The molecule has 1 saturated heterocycles. The van der Waals surface area contributed by atoms with Gasteiger partial charge in [-0.05, 0) is 18.6 Å². The molecule has 2 aromatic rings. The first-order valence-corrected chi connectivity index (χ1v) is 9.02. The van der Waals surface area contributed by atoms with Gasteiger partial charge < -0.3 is 14.6 Å². The zero-order valence-corrected chi connectivity index (χ0v) is 13.6. The minimum Gasteiger partial charge on any atom is -0.465 e. The number of carbonyl (C=O) groups is 1. The SMILES string of the molecule is COC(=O)c1c(-c2cccc(F)c2)noc1N[C@H]1CCS(=O)(=O)C1. The number of anilines is 1. The number of rotatable bonds is 4. The minimum atomic E-state index is -3.10. The third-order valence-electron chi connectivity index (χ3n) is 3.75. The Hall–Kier alpha value is -2.42. The molecule has 7 nitrogen and oxygen atoms in total. The van der Waals surface area contributed by atoms with Crippen molar-refractivity contribution in [3.05, 3.63) is 35.6 Å². The van der Waals surface area contributed by atoms with Crippen LogP contribution in [0.2, 0.25) is 0 Å². The highest BCUT2D eigenvalue weighted by atomic mass is 32.2. The standard InChI is InChI=1S/C15H15FN2O5S/c1-22-15(19)12-13(9-3-2-4-10(16)7-9)18-23-14(12)17-11-5-6-24(20,21)8-11/h2-4,7,11,17H,5-6,8H2,1H3/t11-/m0/s1. The molecule has 1 aromatic carbocycles. The van der Waals surface area contributed by atoms with Gasteiger partial charge in [0.15, 0.2) is 15.4 Å². The fourth-order valence-corrected chi connectivity index (χ4v) is 4.28. The number of hydrogen-bond acceptors (Lipinski definition) is 7. The van der Waals surface area contributed by atoms with E-state index in [1.165, 1.54) is 25.3 Å². The lowest BCUT2D eigenvalue weighted by atomic mass is 10.1. The van der Waals surface area contributed by atoms with E-state index < -0.39 is 21.6 Å². The third-order valence-corrected chi connectivity index (χ3v) is 5.52. The minimum absolute atomic E-state index is 0.00685. The van der Waals surface area contributed by atoms with Crippen LogP contribution < -0.4 is 5.32 Å². The zero-order chi connectivity index (χ0) is 17.3. The highest BCUT2D eigenvalue weighted by molar-refractivity contribution is 7.91.